The van der Waals surface area contributed by atoms with Gasteiger partial charge in [0.25, 0.3) is 11.6 Å². The molecule has 7 heteroatoms. The maximum absolute atomic E-state index is 12.3. The van der Waals surface area contributed by atoms with Gasteiger partial charge in [0.1, 0.15) is 5.75 Å². The summed E-state index contributed by atoms with van der Waals surface area (Å²) in [6.07, 6.45) is 2.98. The molecule has 0 radical (unpaired) electrons. The van der Waals surface area contributed by atoms with E-state index in [0.29, 0.717) is 12.3 Å². The molecule has 1 aliphatic rings. The molecule has 2 rings (SSSR count). The van der Waals surface area contributed by atoms with Gasteiger partial charge in [0.2, 0.25) is 0 Å². The molecule has 7 nitrogen and oxygen atoms in total. The molecule has 22 heavy (non-hydrogen) atoms. The SMILES string of the molecule is CC(N)C1CCCCN1C(=O)COc1ccc([N+](=O)[O-])cc1. The van der Waals surface area contributed by atoms with Crippen molar-refractivity contribution in [3.8, 4) is 5.75 Å². The molecule has 1 fully saturated rings. The molecule has 2 N–H and O–H groups in total. The third kappa shape index (κ3) is 3.94. The van der Waals surface area contributed by atoms with Gasteiger partial charge in [-0.05, 0) is 38.3 Å². The fourth-order valence-corrected chi connectivity index (χ4v) is 2.71. The van der Waals surface area contributed by atoms with Crippen molar-refractivity contribution in [3.63, 3.8) is 0 Å². The summed E-state index contributed by atoms with van der Waals surface area (Å²) in [5.41, 5.74) is 5.94. The zero-order valence-corrected chi connectivity index (χ0v) is 12.6. The van der Waals surface area contributed by atoms with E-state index in [2.05, 4.69) is 0 Å². The number of nitrogens with zero attached hydrogens (tertiary/aromatic N) is 2. The molecule has 1 aromatic carbocycles. The first-order valence-corrected chi connectivity index (χ1v) is 7.41. The third-order valence-electron chi connectivity index (χ3n) is 3.89. The van der Waals surface area contributed by atoms with Crippen LogP contribution in [0.4, 0.5) is 5.69 Å². The number of ether oxygens (including phenoxy) is 1. The maximum Gasteiger partial charge on any atom is 0.269 e. The van der Waals surface area contributed by atoms with Gasteiger partial charge in [0.15, 0.2) is 6.61 Å². The lowest BCUT2D eigenvalue weighted by Crippen LogP contribution is -2.52. The minimum absolute atomic E-state index is 0.00766. The van der Waals surface area contributed by atoms with Crippen molar-refractivity contribution in [2.24, 2.45) is 5.73 Å². The van der Waals surface area contributed by atoms with Gasteiger partial charge in [0, 0.05) is 30.8 Å². The van der Waals surface area contributed by atoms with Gasteiger partial charge < -0.3 is 15.4 Å². The molecule has 0 bridgehead atoms. The van der Waals surface area contributed by atoms with Gasteiger partial charge in [-0.25, -0.2) is 0 Å². The van der Waals surface area contributed by atoms with Crippen LogP contribution in [0.15, 0.2) is 24.3 Å². The van der Waals surface area contributed by atoms with Crippen LogP contribution in [0.25, 0.3) is 0 Å². The number of nitro benzene ring substituents is 1. The zero-order chi connectivity index (χ0) is 16.1. The Balaban J connectivity index is 1.92. The number of rotatable bonds is 5. The number of nitro groups is 1. The Morgan fingerprint density at radius 1 is 1.45 bits per heavy atom. The maximum atomic E-state index is 12.3. The summed E-state index contributed by atoms with van der Waals surface area (Å²) in [7, 11) is 0. The molecule has 1 heterocycles. The van der Waals surface area contributed by atoms with Gasteiger partial charge >= 0.3 is 0 Å². The standard InChI is InChI=1S/C15H21N3O4/c1-11(16)14-4-2-3-9-17(14)15(19)10-22-13-7-5-12(6-8-13)18(20)21/h5-8,11,14H,2-4,9-10,16H2,1H3. The second kappa shape index (κ2) is 7.22. The minimum atomic E-state index is -0.476. The van der Waals surface area contributed by atoms with Crippen LogP contribution in [0, 0.1) is 10.1 Å². The molecular formula is C15H21N3O4. The van der Waals surface area contributed by atoms with E-state index in [1.165, 1.54) is 24.3 Å². The lowest BCUT2D eigenvalue weighted by Gasteiger charge is -2.38. The Bertz CT molecular complexity index is 530. The van der Waals surface area contributed by atoms with E-state index >= 15 is 0 Å². The summed E-state index contributed by atoms with van der Waals surface area (Å²) in [6.45, 7) is 2.53. The summed E-state index contributed by atoms with van der Waals surface area (Å²) >= 11 is 0. The normalized spacial score (nSPS) is 19.5. The number of carbonyl (C=O) groups is 1. The highest BCUT2D eigenvalue weighted by atomic mass is 16.6. The lowest BCUT2D eigenvalue weighted by atomic mass is 9.97. The molecule has 2 atom stereocenters. The molecular weight excluding hydrogens is 286 g/mol. The van der Waals surface area contributed by atoms with Gasteiger partial charge in [-0.2, -0.15) is 0 Å². The second-order valence-corrected chi connectivity index (χ2v) is 5.55. The van der Waals surface area contributed by atoms with Crippen molar-refractivity contribution in [3.05, 3.63) is 34.4 Å². The fourth-order valence-electron chi connectivity index (χ4n) is 2.71. The minimum Gasteiger partial charge on any atom is -0.484 e. The predicted octanol–water partition coefficient (Wildman–Crippen LogP) is 1.70. The first-order chi connectivity index (χ1) is 10.5. The summed E-state index contributed by atoms with van der Waals surface area (Å²) < 4.78 is 5.43. The average Bonchev–Trinajstić information content (AvgIpc) is 2.53. The van der Waals surface area contributed by atoms with Gasteiger partial charge in [-0.1, -0.05) is 0 Å². The van der Waals surface area contributed by atoms with Crippen LogP contribution in [-0.4, -0.2) is 41.0 Å². The van der Waals surface area contributed by atoms with Gasteiger partial charge in [0.05, 0.1) is 4.92 Å². The Morgan fingerprint density at radius 3 is 2.73 bits per heavy atom. The summed E-state index contributed by atoms with van der Waals surface area (Å²) in [5.74, 6) is 0.341. The Kier molecular flexibility index (Phi) is 5.32. The van der Waals surface area contributed by atoms with E-state index in [1.807, 2.05) is 6.92 Å². The van der Waals surface area contributed by atoms with Crippen LogP contribution in [0.1, 0.15) is 26.2 Å². The molecule has 0 aromatic heterocycles. The van der Waals surface area contributed by atoms with Crippen molar-refractivity contribution < 1.29 is 14.5 Å². The van der Waals surface area contributed by atoms with Gasteiger partial charge in [-0.3, -0.25) is 14.9 Å². The lowest BCUT2D eigenvalue weighted by molar-refractivity contribution is -0.384. The number of piperidine rings is 1. The van der Waals surface area contributed by atoms with Crippen LogP contribution in [-0.2, 0) is 4.79 Å². The predicted molar refractivity (Wildman–Crippen MR) is 81.6 cm³/mol. The number of hydrogen-bond acceptors (Lipinski definition) is 5. The van der Waals surface area contributed by atoms with E-state index < -0.39 is 4.92 Å². The summed E-state index contributed by atoms with van der Waals surface area (Å²) in [6, 6.07) is 5.68. The number of benzene rings is 1. The van der Waals surface area contributed by atoms with E-state index in [4.69, 9.17) is 10.5 Å². The smallest absolute Gasteiger partial charge is 0.269 e. The van der Waals surface area contributed by atoms with Crippen LogP contribution in [0.3, 0.4) is 0 Å². The van der Waals surface area contributed by atoms with E-state index in [0.717, 1.165) is 19.3 Å². The van der Waals surface area contributed by atoms with E-state index in [-0.39, 0.29) is 30.3 Å². The first-order valence-electron chi connectivity index (χ1n) is 7.41. The fraction of sp³-hybridized carbons (Fsp3) is 0.533. The third-order valence-corrected chi connectivity index (χ3v) is 3.89. The van der Waals surface area contributed by atoms with E-state index in [1.54, 1.807) is 4.90 Å². The number of carbonyl (C=O) groups excluding carboxylic acids is 1. The van der Waals surface area contributed by atoms with Gasteiger partial charge in [-0.15, -0.1) is 0 Å². The average molecular weight is 307 g/mol. The molecule has 1 saturated heterocycles. The van der Waals surface area contributed by atoms with Crippen molar-refractivity contribution in [2.75, 3.05) is 13.2 Å². The van der Waals surface area contributed by atoms with Crippen LogP contribution < -0.4 is 10.5 Å². The highest BCUT2D eigenvalue weighted by Gasteiger charge is 2.29. The molecule has 1 aliphatic heterocycles. The molecule has 120 valence electrons. The second-order valence-electron chi connectivity index (χ2n) is 5.55. The van der Waals surface area contributed by atoms with Crippen molar-refractivity contribution >= 4 is 11.6 Å². The number of likely N-dealkylation sites (tertiary alicyclic amines) is 1. The molecule has 1 amide bonds. The number of non-ortho nitro benzene ring substituents is 1. The number of nitrogens with two attached hydrogens (primary N) is 1. The molecule has 1 aromatic rings. The summed E-state index contributed by atoms with van der Waals surface area (Å²) in [5, 5.41) is 10.6. The molecule has 2 unspecified atom stereocenters. The quantitative estimate of drug-likeness (QED) is 0.659. The Morgan fingerprint density at radius 2 is 2.14 bits per heavy atom. The first kappa shape index (κ1) is 16.2. The molecule has 0 aliphatic carbocycles. The Hall–Kier alpha value is -2.15. The number of amides is 1. The largest absolute Gasteiger partial charge is 0.484 e. The highest BCUT2D eigenvalue weighted by molar-refractivity contribution is 5.78. The van der Waals surface area contributed by atoms with Crippen molar-refractivity contribution in [1.29, 1.82) is 0 Å². The number of hydrogen-bond donors (Lipinski definition) is 1. The van der Waals surface area contributed by atoms with Crippen LogP contribution in [0.5, 0.6) is 5.75 Å². The highest BCUT2D eigenvalue weighted by Crippen LogP contribution is 2.20. The monoisotopic (exact) mass is 307 g/mol. The van der Waals surface area contributed by atoms with Crippen LogP contribution in [0.2, 0.25) is 0 Å². The molecule has 0 saturated carbocycles. The van der Waals surface area contributed by atoms with Crippen molar-refractivity contribution in [1.82, 2.24) is 4.90 Å². The van der Waals surface area contributed by atoms with E-state index in [9.17, 15) is 14.9 Å². The zero-order valence-electron chi connectivity index (χ0n) is 12.6. The Labute approximate surface area is 129 Å². The molecule has 0 spiro atoms. The topological polar surface area (TPSA) is 98.7 Å². The van der Waals surface area contributed by atoms with Crippen LogP contribution >= 0.6 is 0 Å². The summed E-state index contributed by atoms with van der Waals surface area (Å²) in [4.78, 5) is 24.2. The van der Waals surface area contributed by atoms with Crippen molar-refractivity contribution in [2.45, 2.75) is 38.3 Å².